The molecule has 2 rings (SSSR count). The van der Waals surface area contributed by atoms with Crippen LogP contribution in [0.1, 0.15) is 32.3 Å². The van der Waals surface area contributed by atoms with Crippen molar-refractivity contribution in [3.05, 3.63) is 64.2 Å². The van der Waals surface area contributed by atoms with Gasteiger partial charge in [-0.15, -0.1) is 0 Å². The molecule has 4 amide bonds. The predicted octanol–water partition coefficient (Wildman–Crippen LogP) is -1.92. The highest BCUT2D eigenvalue weighted by atomic mass is 16.6. The van der Waals surface area contributed by atoms with Crippen LogP contribution in [0.25, 0.3) is 0 Å². The molecule has 2 aromatic carbocycles. The van der Waals surface area contributed by atoms with Crippen LogP contribution in [-0.4, -0.2) is 92.8 Å². The number of rotatable bonds is 17. The monoisotopic (exact) mass is 659 g/mol. The third-order valence-corrected chi connectivity index (χ3v) is 6.78. The first-order chi connectivity index (χ1) is 22.1. The van der Waals surface area contributed by atoms with Crippen LogP contribution >= 0.6 is 0 Å². The number of hydrogen-bond donors (Lipinski definition) is 10. The number of amides is 4. The molecule has 2 aromatic rings. The van der Waals surface area contributed by atoms with Crippen LogP contribution in [0.15, 0.2) is 53.5 Å². The summed E-state index contributed by atoms with van der Waals surface area (Å²) in [5.74, 6) is -3.67. The van der Waals surface area contributed by atoms with E-state index in [9.17, 15) is 44.6 Å². The summed E-state index contributed by atoms with van der Waals surface area (Å²) in [6.45, 7) is 2.65. The van der Waals surface area contributed by atoms with Crippen molar-refractivity contribution in [2.45, 2.75) is 69.5 Å². The Balaban J connectivity index is 2.20. The summed E-state index contributed by atoms with van der Waals surface area (Å²) in [4.78, 5) is 66.6. The Morgan fingerprint density at radius 2 is 1.38 bits per heavy atom. The number of nitro benzene ring substituents is 1. The molecule has 0 unspecified atom stereocenters. The number of aliphatic hydroxyl groups excluding tert-OH is 2. The number of phenolic OH excluding ortho intramolecular Hbond substituents is 1. The van der Waals surface area contributed by atoms with Crippen LogP contribution in [0, 0.1) is 10.1 Å². The Morgan fingerprint density at radius 1 is 0.851 bits per heavy atom. The molecule has 0 aromatic heterocycles. The first-order valence-corrected chi connectivity index (χ1v) is 14.5. The molecule has 47 heavy (non-hydrogen) atoms. The van der Waals surface area contributed by atoms with E-state index in [1.165, 1.54) is 62.4 Å². The van der Waals surface area contributed by atoms with Crippen LogP contribution < -0.4 is 38.5 Å². The largest absolute Gasteiger partial charge is 0.508 e. The van der Waals surface area contributed by atoms with Crippen molar-refractivity contribution in [1.82, 2.24) is 16.0 Å². The van der Waals surface area contributed by atoms with Gasteiger partial charge in [-0.05, 0) is 56.5 Å². The Hall–Kier alpha value is -5.33. The molecule has 0 fully saturated rings. The van der Waals surface area contributed by atoms with Crippen molar-refractivity contribution in [3.8, 4) is 5.75 Å². The lowest BCUT2D eigenvalue weighted by molar-refractivity contribution is -0.384. The molecular formula is C29H41N9O9. The zero-order valence-electron chi connectivity index (χ0n) is 25.8. The van der Waals surface area contributed by atoms with Crippen molar-refractivity contribution >= 4 is 41.0 Å². The number of guanidine groups is 1. The van der Waals surface area contributed by atoms with E-state index < -0.39 is 64.9 Å². The highest BCUT2D eigenvalue weighted by Crippen LogP contribution is 2.17. The summed E-state index contributed by atoms with van der Waals surface area (Å²) >= 11 is 0. The number of carbonyl (C=O) groups is 4. The number of hydrogen-bond acceptors (Lipinski definition) is 11. The highest BCUT2D eigenvalue weighted by Gasteiger charge is 2.34. The highest BCUT2D eigenvalue weighted by molar-refractivity contribution is 5.99. The Kier molecular flexibility index (Phi) is 14.5. The first kappa shape index (κ1) is 37.9. The van der Waals surface area contributed by atoms with Gasteiger partial charge in [-0.3, -0.25) is 34.3 Å². The van der Waals surface area contributed by atoms with E-state index in [1.54, 1.807) is 0 Å². The van der Waals surface area contributed by atoms with E-state index in [-0.39, 0.29) is 42.5 Å². The molecule has 13 N–H and O–H groups in total. The van der Waals surface area contributed by atoms with Crippen LogP contribution in [0.3, 0.4) is 0 Å². The first-order valence-electron chi connectivity index (χ1n) is 14.5. The van der Waals surface area contributed by atoms with Crippen LogP contribution in [0.2, 0.25) is 0 Å². The van der Waals surface area contributed by atoms with Gasteiger partial charge in [0.05, 0.1) is 23.2 Å². The minimum absolute atomic E-state index is 0.0341. The minimum Gasteiger partial charge on any atom is -0.508 e. The SMILES string of the molecule is C[C@@H](O)[C@H](NC(=O)[C@@H](NC(=O)[C@@H](N)CCCN=C(N)N)[C@@H](C)O)C(=O)N[C@@H](Cc1ccc(O)cc1)C(=O)Nc1ccc([N+](=O)[O-])cc1. The summed E-state index contributed by atoms with van der Waals surface area (Å²) in [5.41, 5.74) is 16.9. The Labute approximate surface area is 269 Å². The average Bonchev–Trinajstić information content (AvgIpc) is 3.00. The van der Waals surface area contributed by atoms with Gasteiger partial charge < -0.3 is 53.8 Å². The number of benzene rings is 2. The molecule has 0 aliphatic carbocycles. The van der Waals surface area contributed by atoms with E-state index in [4.69, 9.17) is 17.2 Å². The van der Waals surface area contributed by atoms with Crippen molar-refractivity contribution in [2.24, 2.45) is 22.2 Å². The molecule has 0 spiro atoms. The number of anilines is 1. The second-order valence-corrected chi connectivity index (χ2v) is 10.7. The maximum atomic E-state index is 13.4. The van der Waals surface area contributed by atoms with Crippen molar-refractivity contribution in [1.29, 1.82) is 0 Å². The quantitative estimate of drug-likeness (QED) is 0.0292. The third-order valence-electron chi connectivity index (χ3n) is 6.78. The van der Waals surface area contributed by atoms with Gasteiger partial charge in [0.25, 0.3) is 5.69 Å². The molecule has 0 aliphatic heterocycles. The van der Waals surface area contributed by atoms with Crippen molar-refractivity contribution in [2.75, 3.05) is 11.9 Å². The fourth-order valence-electron chi connectivity index (χ4n) is 4.20. The summed E-state index contributed by atoms with van der Waals surface area (Å²) in [5, 5.41) is 50.9. The van der Waals surface area contributed by atoms with Gasteiger partial charge in [-0.25, -0.2) is 0 Å². The number of nitrogens with zero attached hydrogens (tertiary/aromatic N) is 2. The Bertz CT molecular complexity index is 1410. The molecule has 0 bridgehead atoms. The summed E-state index contributed by atoms with van der Waals surface area (Å²) in [6.07, 6.45) is -2.54. The van der Waals surface area contributed by atoms with Gasteiger partial charge in [0.2, 0.25) is 23.6 Å². The lowest BCUT2D eigenvalue weighted by Gasteiger charge is -2.28. The fourth-order valence-corrected chi connectivity index (χ4v) is 4.20. The number of nitrogens with one attached hydrogen (secondary N) is 4. The van der Waals surface area contributed by atoms with E-state index in [1.807, 2.05) is 0 Å². The molecule has 18 nitrogen and oxygen atoms in total. The molecular weight excluding hydrogens is 618 g/mol. The van der Waals surface area contributed by atoms with Gasteiger partial charge in [0.1, 0.15) is 23.9 Å². The molecule has 0 aliphatic rings. The van der Waals surface area contributed by atoms with Crippen molar-refractivity contribution in [3.63, 3.8) is 0 Å². The third kappa shape index (κ3) is 12.5. The Morgan fingerprint density at radius 3 is 1.89 bits per heavy atom. The maximum absolute atomic E-state index is 13.4. The van der Waals surface area contributed by atoms with Gasteiger partial charge in [-0.2, -0.15) is 0 Å². The minimum atomic E-state index is -1.65. The van der Waals surface area contributed by atoms with Gasteiger partial charge in [0.15, 0.2) is 5.96 Å². The van der Waals surface area contributed by atoms with Gasteiger partial charge >= 0.3 is 0 Å². The normalized spacial score (nSPS) is 14.7. The zero-order chi connectivity index (χ0) is 35.3. The molecule has 0 saturated heterocycles. The van der Waals surface area contributed by atoms with Crippen LogP contribution in [-0.2, 0) is 25.6 Å². The number of phenols is 1. The smallest absolute Gasteiger partial charge is 0.269 e. The summed E-state index contributed by atoms with van der Waals surface area (Å²) in [6, 6.07) is 5.15. The fraction of sp³-hybridized carbons (Fsp3) is 0.414. The average molecular weight is 660 g/mol. The molecule has 0 radical (unpaired) electrons. The number of aliphatic hydroxyl groups is 2. The van der Waals surface area contributed by atoms with Gasteiger partial charge in [-0.1, -0.05) is 12.1 Å². The molecule has 6 atom stereocenters. The van der Waals surface area contributed by atoms with E-state index in [0.29, 0.717) is 12.0 Å². The summed E-state index contributed by atoms with van der Waals surface area (Å²) < 4.78 is 0. The summed E-state index contributed by atoms with van der Waals surface area (Å²) in [7, 11) is 0. The second-order valence-electron chi connectivity index (χ2n) is 10.7. The number of aromatic hydroxyl groups is 1. The number of carbonyl (C=O) groups excluding carboxylic acids is 4. The van der Waals surface area contributed by atoms with E-state index >= 15 is 0 Å². The lowest BCUT2D eigenvalue weighted by atomic mass is 10.0. The molecule has 0 heterocycles. The number of aliphatic imine (C=N–C) groups is 1. The van der Waals surface area contributed by atoms with Crippen molar-refractivity contribution < 1.29 is 39.4 Å². The topological polar surface area (TPSA) is 311 Å². The molecule has 0 saturated carbocycles. The number of nitro groups is 1. The van der Waals surface area contributed by atoms with Crippen LogP contribution in [0.4, 0.5) is 11.4 Å². The number of nitrogens with two attached hydrogens (primary N) is 3. The molecule has 18 heteroatoms. The maximum Gasteiger partial charge on any atom is 0.269 e. The number of non-ortho nitro benzene ring substituents is 1. The van der Waals surface area contributed by atoms with E-state index in [0.717, 1.165) is 0 Å². The second kappa shape index (κ2) is 18.0. The van der Waals surface area contributed by atoms with Gasteiger partial charge in [0, 0.05) is 30.8 Å². The molecule has 256 valence electrons. The lowest BCUT2D eigenvalue weighted by Crippen LogP contribution is -2.62. The standard InChI is InChI=1S/C29H41N9O9/c1-15(39)23(37-28(45)24(16(2)40)36-25(42)21(30)4-3-13-33-29(31)32)27(44)35-22(14-17-5-11-20(41)12-6-17)26(43)34-18-7-9-19(10-8-18)38(46)47/h5-12,15-16,21-24,39-41H,3-4,13-14,30H2,1-2H3,(H,34,43)(H,35,44)(H,36,42)(H,37,45)(H4,31,32,33)/t15-,16-,21+,22+,23+,24+/m1/s1. The predicted molar refractivity (Wildman–Crippen MR) is 171 cm³/mol. The van der Waals surface area contributed by atoms with Crippen LogP contribution in [0.5, 0.6) is 5.75 Å². The van der Waals surface area contributed by atoms with E-state index in [2.05, 4.69) is 26.3 Å². The zero-order valence-corrected chi connectivity index (χ0v) is 25.8.